The van der Waals surface area contributed by atoms with E-state index in [0.717, 1.165) is 46.5 Å². The summed E-state index contributed by atoms with van der Waals surface area (Å²) < 4.78 is 13.0. The Morgan fingerprint density at radius 1 is 0.841 bits per heavy atom. The lowest BCUT2D eigenvalue weighted by molar-refractivity contribution is -0.252. The molecule has 2 aliphatic rings. The molecule has 224 valence electrons. The fourth-order valence-corrected chi connectivity index (χ4v) is 5.99. The molecule has 4 aromatic rings. The summed E-state index contributed by atoms with van der Waals surface area (Å²) in [7, 11) is 2.05. The first-order valence-corrected chi connectivity index (χ1v) is 14.9. The van der Waals surface area contributed by atoms with Crippen LogP contribution in [-0.2, 0) is 22.6 Å². The van der Waals surface area contributed by atoms with Crippen molar-refractivity contribution in [2.45, 2.75) is 38.1 Å². The third-order valence-corrected chi connectivity index (χ3v) is 8.29. The van der Waals surface area contributed by atoms with E-state index in [0.29, 0.717) is 17.5 Å². The van der Waals surface area contributed by atoms with Gasteiger partial charge in [0.25, 0.3) is 11.8 Å². The number of ether oxygens (including phenoxy) is 2. The fourth-order valence-electron chi connectivity index (χ4n) is 5.99. The number of benzene rings is 4. The first-order chi connectivity index (χ1) is 21.4. The van der Waals surface area contributed by atoms with Gasteiger partial charge in [0, 0.05) is 25.1 Å². The summed E-state index contributed by atoms with van der Waals surface area (Å²) in [5.41, 5.74) is 6.51. The molecule has 2 amide bonds. The van der Waals surface area contributed by atoms with Gasteiger partial charge in [-0.2, -0.15) is 0 Å². The van der Waals surface area contributed by atoms with E-state index >= 15 is 0 Å². The third-order valence-electron chi connectivity index (χ3n) is 8.29. The minimum absolute atomic E-state index is 0.000285. The van der Waals surface area contributed by atoms with Crippen LogP contribution in [0.4, 0.5) is 0 Å². The zero-order chi connectivity index (χ0) is 30.6. The Hall–Kier alpha value is -4.40. The number of likely N-dealkylation sites (N-methyl/N-ethyl adjacent to an activating group) is 1. The van der Waals surface area contributed by atoms with Gasteiger partial charge in [0.1, 0.15) is 0 Å². The van der Waals surface area contributed by atoms with Crippen molar-refractivity contribution >= 4 is 11.8 Å². The van der Waals surface area contributed by atoms with Crippen LogP contribution in [0.3, 0.4) is 0 Å². The summed E-state index contributed by atoms with van der Waals surface area (Å²) in [6.07, 6.45) is 1.81. The summed E-state index contributed by atoms with van der Waals surface area (Å²) in [6.45, 7) is 5.54. The topological polar surface area (TPSA) is 79.3 Å². The predicted molar refractivity (Wildman–Crippen MR) is 169 cm³/mol. The molecule has 2 aliphatic heterocycles. The van der Waals surface area contributed by atoms with Gasteiger partial charge in [-0.3, -0.25) is 14.5 Å². The van der Waals surface area contributed by atoms with Crippen LogP contribution >= 0.6 is 0 Å². The molecule has 0 aromatic heterocycles. The number of aliphatic hydroxyl groups excluding tert-OH is 1. The number of amides is 2. The van der Waals surface area contributed by atoms with Crippen molar-refractivity contribution in [3.8, 4) is 11.1 Å². The molecule has 3 unspecified atom stereocenters. The van der Waals surface area contributed by atoms with Crippen LogP contribution in [0.15, 0.2) is 110 Å². The number of fused-ring (bicyclic) bond motifs is 1. The lowest BCUT2D eigenvalue weighted by Crippen LogP contribution is -2.37. The molecule has 4 aromatic carbocycles. The van der Waals surface area contributed by atoms with Gasteiger partial charge < -0.3 is 19.5 Å². The van der Waals surface area contributed by atoms with Crippen LogP contribution in [0.5, 0.6) is 0 Å². The van der Waals surface area contributed by atoms with Crippen molar-refractivity contribution in [2.24, 2.45) is 0 Å². The van der Waals surface area contributed by atoms with Gasteiger partial charge in [-0.1, -0.05) is 91.0 Å². The van der Waals surface area contributed by atoms with E-state index in [1.807, 2.05) is 78.9 Å². The van der Waals surface area contributed by atoms with E-state index in [1.165, 1.54) is 4.90 Å². The summed E-state index contributed by atoms with van der Waals surface area (Å²) >= 11 is 0. The van der Waals surface area contributed by atoms with Crippen molar-refractivity contribution in [1.29, 1.82) is 0 Å². The predicted octanol–water partition coefficient (Wildman–Crippen LogP) is 6.31. The average molecular weight is 589 g/mol. The number of nitrogens with zero attached hydrogens (tertiary/aromatic N) is 2. The van der Waals surface area contributed by atoms with Crippen LogP contribution < -0.4 is 0 Å². The number of carbonyl (C=O) groups is 2. The average Bonchev–Trinajstić information content (AvgIpc) is 3.30. The Balaban J connectivity index is 1.23. The lowest BCUT2D eigenvalue weighted by Gasteiger charge is -2.37. The van der Waals surface area contributed by atoms with Crippen molar-refractivity contribution in [1.82, 2.24) is 9.80 Å². The lowest BCUT2D eigenvalue weighted by atomic mass is 9.97. The Kier molecular flexibility index (Phi) is 8.82. The molecule has 7 heteroatoms. The van der Waals surface area contributed by atoms with Gasteiger partial charge in [-0.05, 0) is 47.0 Å². The molecule has 0 radical (unpaired) electrons. The van der Waals surface area contributed by atoms with Gasteiger partial charge in [-0.15, -0.1) is 6.58 Å². The second-order valence-corrected chi connectivity index (χ2v) is 11.4. The molecule has 6 rings (SSSR count). The van der Waals surface area contributed by atoms with Crippen LogP contribution in [-0.4, -0.2) is 53.0 Å². The molecule has 3 atom stereocenters. The number of carbonyl (C=O) groups excluding carboxylic acids is 2. The van der Waals surface area contributed by atoms with Gasteiger partial charge in [-0.25, -0.2) is 0 Å². The third kappa shape index (κ3) is 6.14. The summed E-state index contributed by atoms with van der Waals surface area (Å²) in [5.74, 6) is -0.535. The minimum Gasteiger partial charge on any atom is -0.392 e. The van der Waals surface area contributed by atoms with Gasteiger partial charge in [0.2, 0.25) is 0 Å². The molecular weight excluding hydrogens is 552 g/mol. The molecule has 2 heterocycles. The van der Waals surface area contributed by atoms with Gasteiger partial charge in [0.05, 0.1) is 36.5 Å². The maximum atomic E-state index is 13.0. The Morgan fingerprint density at radius 3 is 2.09 bits per heavy atom. The number of imide groups is 1. The van der Waals surface area contributed by atoms with E-state index in [1.54, 1.807) is 24.3 Å². The molecule has 7 nitrogen and oxygen atoms in total. The first kappa shape index (κ1) is 29.7. The SMILES string of the molecule is C=CCN(C)CC1CC(c2ccc(CO)cc2)OC(c2ccc(-c3ccccc3CN3C(=O)c4ccccc4C3=O)cc2)O1. The zero-order valence-corrected chi connectivity index (χ0v) is 24.8. The highest BCUT2D eigenvalue weighted by atomic mass is 16.7. The zero-order valence-electron chi connectivity index (χ0n) is 24.8. The molecule has 1 saturated heterocycles. The van der Waals surface area contributed by atoms with Crippen molar-refractivity contribution in [3.05, 3.63) is 143 Å². The Labute approximate surface area is 258 Å². The second-order valence-electron chi connectivity index (χ2n) is 11.4. The molecule has 1 N–H and O–H groups in total. The smallest absolute Gasteiger partial charge is 0.261 e. The fraction of sp³-hybridized carbons (Fsp3) is 0.243. The van der Waals surface area contributed by atoms with E-state index in [4.69, 9.17) is 9.47 Å². The monoisotopic (exact) mass is 588 g/mol. The number of hydrogen-bond acceptors (Lipinski definition) is 6. The maximum absolute atomic E-state index is 13.0. The van der Waals surface area contributed by atoms with Gasteiger partial charge >= 0.3 is 0 Å². The molecule has 0 bridgehead atoms. The second kappa shape index (κ2) is 13.1. The highest BCUT2D eigenvalue weighted by molar-refractivity contribution is 6.21. The van der Waals surface area contributed by atoms with E-state index < -0.39 is 6.29 Å². The molecule has 44 heavy (non-hydrogen) atoms. The van der Waals surface area contributed by atoms with Crippen molar-refractivity contribution in [2.75, 3.05) is 20.1 Å². The van der Waals surface area contributed by atoms with Crippen LogP contribution in [0, 0.1) is 0 Å². The molecule has 0 aliphatic carbocycles. The first-order valence-electron chi connectivity index (χ1n) is 14.9. The molecule has 0 spiro atoms. The van der Waals surface area contributed by atoms with Crippen molar-refractivity contribution in [3.63, 3.8) is 0 Å². The Morgan fingerprint density at radius 2 is 1.45 bits per heavy atom. The highest BCUT2D eigenvalue weighted by Gasteiger charge is 2.36. The van der Waals surface area contributed by atoms with E-state index in [9.17, 15) is 14.7 Å². The summed E-state index contributed by atoms with van der Waals surface area (Å²) in [6, 6.07) is 30.8. The summed E-state index contributed by atoms with van der Waals surface area (Å²) in [5, 5.41) is 9.48. The molecule has 0 saturated carbocycles. The standard InChI is InChI=1S/C37H36N2O5/c1-3-20-38(2)23-30-21-34(27-14-12-25(24-40)13-15-27)44-37(43-30)28-18-16-26(17-19-28)31-9-5-4-8-29(31)22-39-35(41)32-10-6-7-11-33(32)36(39)42/h3-19,30,34,37,40H,1,20-24H2,2H3. The summed E-state index contributed by atoms with van der Waals surface area (Å²) in [4.78, 5) is 29.6. The normalized spacial score (nSPS) is 19.8. The van der Waals surface area contributed by atoms with Crippen LogP contribution in [0.1, 0.15) is 61.8 Å². The highest BCUT2D eigenvalue weighted by Crippen LogP contribution is 2.39. The van der Waals surface area contributed by atoms with E-state index in [2.05, 4.69) is 18.5 Å². The number of hydrogen-bond donors (Lipinski definition) is 1. The largest absolute Gasteiger partial charge is 0.392 e. The van der Waals surface area contributed by atoms with Gasteiger partial charge in [0.15, 0.2) is 6.29 Å². The molecule has 1 fully saturated rings. The quantitative estimate of drug-likeness (QED) is 0.173. The number of aliphatic hydroxyl groups is 1. The Bertz CT molecular complexity index is 1610. The van der Waals surface area contributed by atoms with Crippen LogP contribution in [0.2, 0.25) is 0 Å². The minimum atomic E-state index is -0.559. The van der Waals surface area contributed by atoms with Crippen molar-refractivity contribution < 1.29 is 24.2 Å². The number of rotatable bonds is 10. The van der Waals surface area contributed by atoms with Crippen LogP contribution in [0.25, 0.3) is 11.1 Å². The van der Waals surface area contributed by atoms with E-state index in [-0.39, 0.29) is 37.2 Å². The molecular formula is C37H36N2O5. The maximum Gasteiger partial charge on any atom is 0.261 e.